The van der Waals surface area contributed by atoms with E-state index in [2.05, 4.69) is 11.6 Å². The molecular weight excluding hydrogens is 284 g/mol. The van der Waals surface area contributed by atoms with Crippen LogP contribution in [0.3, 0.4) is 0 Å². The Hall–Kier alpha value is -2.14. The van der Waals surface area contributed by atoms with Crippen LogP contribution in [0.4, 0.5) is 5.69 Å². The van der Waals surface area contributed by atoms with E-state index in [1.54, 1.807) is 6.08 Å². The van der Waals surface area contributed by atoms with Crippen molar-refractivity contribution in [2.75, 3.05) is 7.11 Å². The summed E-state index contributed by atoms with van der Waals surface area (Å²) in [6.07, 6.45) is 1.79. The summed E-state index contributed by atoms with van der Waals surface area (Å²) >= 11 is 1.33. The molecule has 2 rings (SSSR count). The van der Waals surface area contributed by atoms with Crippen LogP contribution in [-0.4, -0.2) is 17.6 Å². The summed E-state index contributed by atoms with van der Waals surface area (Å²) in [6.45, 7) is 8.28. The van der Waals surface area contributed by atoms with Crippen LogP contribution >= 0.6 is 11.3 Å². The summed E-state index contributed by atoms with van der Waals surface area (Å²) in [5.74, 6) is -0.333. The van der Waals surface area contributed by atoms with Gasteiger partial charge in [0.05, 0.1) is 12.8 Å². The molecule has 0 saturated carbocycles. The van der Waals surface area contributed by atoms with Crippen LogP contribution in [-0.2, 0) is 11.3 Å². The highest BCUT2D eigenvalue weighted by Crippen LogP contribution is 2.16. The molecule has 0 spiro atoms. The number of carbonyl (C=O) groups excluding carboxylic acids is 1. The second kappa shape index (κ2) is 6.54. The number of allylic oxidation sites excluding steroid dienone is 1. The highest BCUT2D eigenvalue weighted by molar-refractivity contribution is 7.11. The number of carbonyl (C=O) groups is 1. The molecule has 0 atom stereocenters. The van der Waals surface area contributed by atoms with Gasteiger partial charge in [0.25, 0.3) is 0 Å². The quantitative estimate of drug-likeness (QED) is 0.642. The first-order valence-corrected chi connectivity index (χ1v) is 7.39. The smallest absolute Gasteiger partial charge is 0.349 e. The first-order valence-electron chi connectivity index (χ1n) is 6.57. The fraction of sp³-hybridized carbons (Fsp3) is 0.250. The normalized spacial score (nSPS) is 11.5. The Morgan fingerprint density at radius 3 is 2.62 bits per heavy atom. The number of aromatic nitrogens is 1. The van der Waals surface area contributed by atoms with Gasteiger partial charge in [-0.1, -0.05) is 35.1 Å². The van der Waals surface area contributed by atoms with Crippen LogP contribution in [0.2, 0.25) is 0 Å². The Morgan fingerprint density at radius 1 is 1.38 bits per heavy atom. The Morgan fingerprint density at radius 2 is 2.05 bits per heavy atom. The summed E-state index contributed by atoms with van der Waals surface area (Å²) in [6, 6.07) is 7.94. The number of rotatable bonds is 4. The van der Waals surface area contributed by atoms with E-state index in [1.807, 2.05) is 42.7 Å². The van der Waals surface area contributed by atoms with Crippen LogP contribution in [0.15, 0.2) is 41.9 Å². The molecule has 0 amide bonds. The van der Waals surface area contributed by atoms with Gasteiger partial charge in [0.2, 0.25) is 0 Å². The molecule has 4 nitrogen and oxygen atoms in total. The van der Waals surface area contributed by atoms with Crippen molar-refractivity contribution < 1.29 is 9.53 Å². The Balaban J connectivity index is 2.58. The first kappa shape index (κ1) is 15.3. The zero-order valence-electron chi connectivity index (χ0n) is 12.4. The fourth-order valence-electron chi connectivity index (χ4n) is 1.93. The molecular formula is C16H18N2O2S. The van der Waals surface area contributed by atoms with Crippen molar-refractivity contribution in [1.29, 1.82) is 0 Å². The van der Waals surface area contributed by atoms with E-state index in [-0.39, 0.29) is 5.97 Å². The van der Waals surface area contributed by atoms with Gasteiger partial charge in [-0.05, 0) is 26.0 Å². The largest absolute Gasteiger partial charge is 0.465 e. The average molecular weight is 302 g/mol. The number of ether oxygens (including phenoxy) is 1. The van der Waals surface area contributed by atoms with Gasteiger partial charge < -0.3 is 9.30 Å². The van der Waals surface area contributed by atoms with Crippen LogP contribution < -0.4 is 4.80 Å². The van der Waals surface area contributed by atoms with Crippen LogP contribution in [0.25, 0.3) is 0 Å². The molecule has 110 valence electrons. The Bertz CT molecular complexity index is 724. The molecule has 1 heterocycles. The summed E-state index contributed by atoms with van der Waals surface area (Å²) in [7, 11) is 1.39. The predicted molar refractivity (Wildman–Crippen MR) is 85.0 cm³/mol. The lowest BCUT2D eigenvalue weighted by Crippen LogP contribution is -2.15. The van der Waals surface area contributed by atoms with Gasteiger partial charge in [0.15, 0.2) is 4.80 Å². The number of hydrogen-bond donors (Lipinski definition) is 0. The molecule has 0 fully saturated rings. The third kappa shape index (κ3) is 3.31. The highest BCUT2D eigenvalue weighted by atomic mass is 32.1. The minimum Gasteiger partial charge on any atom is -0.465 e. The topological polar surface area (TPSA) is 43.6 Å². The van der Waals surface area contributed by atoms with Gasteiger partial charge in [-0.3, -0.25) is 0 Å². The standard InChI is InChI=1S/C16H18N2O2S/c1-5-10-18-12(3)14(15(19)20-4)21-16(18)17-13-8-6-11(2)7-9-13/h5-9H,1,10H2,2-4H3. The molecule has 0 bridgehead atoms. The number of methoxy groups -OCH3 is 1. The third-order valence-corrected chi connectivity index (χ3v) is 4.26. The molecule has 0 radical (unpaired) electrons. The van der Waals surface area contributed by atoms with Gasteiger partial charge in [-0.15, -0.1) is 6.58 Å². The molecule has 21 heavy (non-hydrogen) atoms. The lowest BCUT2D eigenvalue weighted by Gasteiger charge is -2.02. The minimum absolute atomic E-state index is 0.333. The maximum Gasteiger partial charge on any atom is 0.349 e. The summed E-state index contributed by atoms with van der Waals surface area (Å²) in [5, 5.41) is 0. The molecule has 0 N–H and O–H groups in total. The Kier molecular flexibility index (Phi) is 4.75. The highest BCUT2D eigenvalue weighted by Gasteiger charge is 2.16. The van der Waals surface area contributed by atoms with Gasteiger partial charge in [0.1, 0.15) is 4.88 Å². The molecule has 0 unspecified atom stereocenters. The molecule has 1 aromatic carbocycles. The number of aryl methyl sites for hydroxylation is 1. The summed E-state index contributed by atoms with van der Waals surface area (Å²) in [5.41, 5.74) is 2.89. The molecule has 5 heteroatoms. The fourth-order valence-corrected chi connectivity index (χ4v) is 3.01. The number of benzene rings is 1. The molecule has 0 aliphatic heterocycles. The van der Waals surface area contributed by atoms with Crippen molar-refractivity contribution in [2.45, 2.75) is 20.4 Å². The molecule has 2 aromatic rings. The average Bonchev–Trinajstić information content (AvgIpc) is 2.78. The molecule has 0 saturated heterocycles. The minimum atomic E-state index is -0.333. The van der Waals surface area contributed by atoms with Crippen LogP contribution in [0.5, 0.6) is 0 Å². The van der Waals surface area contributed by atoms with E-state index >= 15 is 0 Å². The zero-order chi connectivity index (χ0) is 15.4. The van der Waals surface area contributed by atoms with E-state index in [1.165, 1.54) is 24.0 Å². The van der Waals surface area contributed by atoms with Crippen molar-refractivity contribution in [1.82, 2.24) is 4.57 Å². The second-order valence-electron chi connectivity index (χ2n) is 4.64. The summed E-state index contributed by atoms with van der Waals surface area (Å²) < 4.78 is 6.78. The zero-order valence-corrected chi connectivity index (χ0v) is 13.2. The maximum atomic E-state index is 11.8. The van der Waals surface area contributed by atoms with E-state index < -0.39 is 0 Å². The summed E-state index contributed by atoms with van der Waals surface area (Å²) in [4.78, 5) is 17.8. The number of nitrogens with zero attached hydrogens (tertiary/aromatic N) is 2. The van der Waals surface area contributed by atoms with Crippen molar-refractivity contribution in [3.05, 3.63) is 57.9 Å². The van der Waals surface area contributed by atoms with Gasteiger partial charge in [0, 0.05) is 12.2 Å². The molecule has 1 aromatic heterocycles. The van der Waals surface area contributed by atoms with E-state index in [9.17, 15) is 4.79 Å². The van der Waals surface area contributed by atoms with Crippen molar-refractivity contribution in [3.8, 4) is 0 Å². The third-order valence-electron chi connectivity index (χ3n) is 3.10. The lowest BCUT2D eigenvalue weighted by atomic mass is 10.2. The number of hydrogen-bond acceptors (Lipinski definition) is 4. The number of thiazole rings is 1. The lowest BCUT2D eigenvalue weighted by molar-refractivity contribution is 0.0605. The van der Waals surface area contributed by atoms with Crippen molar-refractivity contribution in [3.63, 3.8) is 0 Å². The van der Waals surface area contributed by atoms with E-state index in [0.717, 1.165) is 16.2 Å². The SMILES string of the molecule is C=CCn1c(C)c(C(=O)OC)sc1=Nc1ccc(C)cc1. The van der Waals surface area contributed by atoms with Gasteiger partial charge in [-0.25, -0.2) is 9.79 Å². The second-order valence-corrected chi connectivity index (χ2v) is 5.61. The predicted octanol–water partition coefficient (Wildman–Crippen LogP) is 3.37. The van der Waals surface area contributed by atoms with Gasteiger partial charge in [-0.2, -0.15) is 0 Å². The Labute approximate surface area is 128 Å². The van der Waals surface area contributed by atoms with Crippen LogP contribution in [0.1, 0.15) is 20.9 Å². The van der Waals surface area contributed by atoms with E-state index in [4.69, 9.17) is 4.74 Å². The molecule has 0 aliphatic carbocycles. The van der Waals surface area contributed by atoms with Gasteiger partial charge >= 0.3 is 5.97 Å². The van der Waals surface area contributed by atoms with E-state index in [0.29, 0.717) is 11.4 Å². The maximum absolute atomic E-state index is 11.8. The van der Waals surface area contributed by atoms with Crippen LogP contribution in [0, 0.1) is 13.8 Å². The van der Waals surface area contributed by atoms with Crippen molar-refractivity contribution in [2.24, 2.45) is 4.99 Å². The monoisotopic (exact) mass is 302 g/mol. The number of esters is 1. The molecule has 0 aliphatic rings. The van der Waals surface area contributed by atoms with Crippen molar-refractivity contribution >= 4 is 23.0 Å². The first-order chi connectivity index (χ1) is 10.1.